The predicted molar refractivity (Wildman–Crippen MR) is 82.2 cm³/mol. The zero-order valence-corrected chi connectivity index (χ0v) is 12.6. The van der Waals surface area contributed by atoms with Crippen molar-refractivity contribution in [3.8, 4) is 0 Å². The molecule has 2 bridgehead atoms. The average molecular weight is 279 g/mol. The van der Waals surface area contributed by atoms with Crippen LogP contribution in [0.2, 0.25) is 5.02 Å². The molecule has 0 saturated carbocycles. The van der Waals surface area contributed by atoms with E-state index in [0.29, 0.717) is 18.1 Å². The highest BCUT2D eigenvalue weighted by Crippen LogP contribution is 2.41. The van der Waals surface area contributed by atoms with Crippen molar-refractivity contribution in [1.82, 2.24) is 5.32 Å². The van der Waals surface area contributed by atoms with E-state index in [0.717, 1.165) is 11.6 Å². The fourth-order valence-corrected chi connectivity index (χ4v) is 4.05. The van der Waals surface area contributed by atoms with Gasteiger partial charge in [0.25, 0.3) is 0 Å². The first-order valence-corrected chi connectivity index (χ1v) is 7.84. The quantitative estimate of drug-likeness (QED) is 0.906. The number of nitrogens with one attached hydrogen (secondary N) is 1. The highest BCUT2D eigenvalue weighted by molar-refractivity contribution is 6.30. The summed E-state index contributed by atoms with van der Waals surface area (Å²) in [5, 5.41) is 4.49. The van der Waals surface area contributed by atoms with Crippen LogP contribution in [0.15, 0.2) is 18.2 Å². The molecule has 104 valence electrons. The maximum atomic E-state index is 6.19. The molecule has 2 atom stereocenters. The van der Waals surface area contributed by atoms with E-state index < -0.39 is 0 Å². The van der Waals surface area contributed by atoms with Crippen molar-refractivity contribution in [1.29, 1.82) is 0 Å². The Hall–Kier alpha value is -0.730. The third kappa shape index (κ3) is 2.48. The maximum absolute atomic E-state index is 6.19. The minimum atomic E-state index is 0.694. The van der Waals surface area contributed by atoms with E-state index in [2.05, 4.69) is 36.2 Å². The van der Waals surface area contributed by atoms with Gasteiger partial charge in [0.1, 0.15) is 0 Å². The molecule has 2 unspecified atom stereocenters. The monoisotopic (exact) mass is 278 g/mol. The predicted octanol–water partition coefficient (Wildman–Crippen LogP) is 3.76. The molecular weight excluding hydrogens is 256 g/mol. The fraction of sp³-hybridized carbons (Fsp3) is 0.625. The highest BCUT2D eigenvalue weighted by atomic mass is 35.5. The Morgan fingerprint density at radius 3 is 2.58 bits per heavy atom. The minimum absolute atomic E-state index is 0.694. The number of halogens is 1. The van der Waals surface area contributed by atoms with E-state index in [1.807, 2.05) is 6.07 Å². The third-order valence-electron chi connectivity index (χ3n) is 4.68. The van der Waals surface area contributed by atoms with Crippen LogP contribution in [-0.2, 0) is 0 Å². The standard InChI is InChI=1S/C16H23ClN2/c1-3-18-13-9-14-6-7-15(10-13)19(14)16-8-12(17)5-4-11(16)2/h4-5,8,13-15,18H,3,6-7,9-10H2,1-2H3. The molecule has 3 rings (SSSR count). The average Bonchev–Trinajstić information content (AvgIpc) is 2.64. The Kier molecular flexibility index (Phi) is 3.72. The molecule has 0 radical (unpaired) electrons. The SMILES string of the molecule is CCNC1CC2CCC(C1)N2c1cc(Cl)ccc1C. The van der Waals surface area contributed by atoms with Crippen LogP contribution in [0.1, 0.15) is 38.2 Å². The van der Waals surface area contributed by atoms with Gasteiger partial charge in [-0.15, -0.1) is 0 Å². The normalized spacial score (nSPS) is 29.8. The maximum Gasteiger partial charge on any atom is 0.0426 e. The number of nitrogens with zero attached hydrogens (tertiary/aromatic N) is 1. The topological polar surface area (TPSA) is 15.3 Å². The van der Waals surface area contributed by atoms with E-state index in [-0.39, 0.29) is 0 Å². The summed E-state index contributed by atoms with van der Waals surface area (Å²) in [6, 6.07) is 8.38. The lowest BCUT2D eigenvalue weighted by molar-refractivity contribution is 0.361. The van der Waals surface area contributed by atoms with Crippen LogP contribution in [0.5, 0.6) is 0 Å². The Labute approximate surface area is 121 Å². The summed E-state index contributed by atoms with van der Waals surface area (Å²) in [6.07, 6.45) is 5.21. The summed E-state index contributed by atoms with van der Waals surface area (Å²) in [6.45, 7) is 5.48. The molecule has 0 aliphatic carbocycles. The van der Waals surface area contributed by atoms with Crippen LogP contribution in [0.25, 0.3) is 0 Å². The molecule has 0 amide bonds. The molecule has 1 aromatic carbocycles. The highest BCUT2D eigenvalue weighted by Gasteiger charge is 2.40. The van der Waals surface area contributed by atoms with Gasteiger partial charge in [0.15, 0.2) is 0 Å². The second-order valence-electron chi connectivity index (χ2n) is 5.95. The summed E-state index contributed by atoms with van der Waals surface area (Å²) < 4.78 is 0. The molecule has 0 aromatic heterocycles. The van der Waals surface area contributed by atoms with Crippen molar-refractivity contribution in [3.05, 3.63) is 28.8 Å². The van der Waals surface area contributed by atoms with Gasteiger partial charge >= 0.3 is 0 Å². The summed E-state index contributed by atoms with van der Waals surface area (Å²) in [5.41, 5.74) is 2.71. The zero-order valence-electron chi connectivity index (χ0n) is 11.8. The lowest BCUT2D eigenvalue weighted by Crippen LogP contribution is -2.49. The summed E-state index contributed by atoms with van der Waals surface area (Å²) in [4.78, 5) is 2.65. The van der Waals surface area contributed by atoms with Crippen molar-refractivity contribution >= 4 is 17.3 Å². The van der Waals surface area contributed by atoms with Gasteiger partial charge in [-0.2, -0.15) is 0 Å². The van der Waals surface area contributed by atoms with Gasteiger partial charge in [0, 0.05) is 28.8 Å². The minimum Gasteiger partial charge on any atom is -0.365 e. The first kappa shape index (κ1) is 13.3. The Balaban J connectivity index is 1.85. The van der Waals surface area contributed by atoms with E-state index in [4.69, 9.17) is 11.6 Å². The first-order valence-electron chi connectivity index (χ1n) is 7.47. The fourth-order valence-electron chi connectivity index (χ4n) is 3.89. The van der Waals surface area contributed by atoms with Crippen molar-refractivity contribution in [2.75, 3.05) is 11.4 Å². The van der Waals surface area contributed by atoms with Gasteiger partial charge in [-0.1, -0.05) is 24.6 Å². The molecule has 2 aliphatic heterocycles. The second-order valence-corrected chi connectivity index (χ2v) is 6.39. The van der Waals surface area contributed by atoms with Crippen LogP contribution in [0, 0.1) is 6.92 Å². The summed E-state index contributed by atoms with van der Waals surface area (Å²) >= 11 is 6.19. The van der Waals surface area contributed by atoms with E-state index in [1.54, 1.807) is 0 Å². The molecule has 2 fully saturated rings. The number of benzene rings is 1. The van der Waals surface area contributed by atoms with Crippen molar-refractivity contribution in [2.24, 2.45) is 0 Å². The third-order valence-corrected chi connectivity index (χ3v) is 4.91. The smallest absolute Gasteiger partial charge is 0.0426 e. The molecular formula is C16H23ClN2. The molecule has 2 heterocycles. The molecule has 19 heavy (non-hydrogen) atoms. The lowest BCUT2D eigenvalue weighted by Gasteiger charge is -2.41. The van der Waals surface area contributed by atoms with Gasteiger partial charge in [-0.3, -0.25) is 0 Å². The number of piperidine rings is 1. The molecule has 2 nitrogen and oxygen atoms in total. The summed E-state index contributed by atoms with van der Waals surface area (Å²) in [7, 11) is 0. The number of rotatable bonds is 3. The van der Waals surface area contributed by atoms with E-state index in [9.17, 15) is 0 Å². The zero-order chi connectivity index (χ0) is 13.4. The van der Waals surface area contributed by atoms with E-state index in [1.165, 1.54) is 36.9 Å². The second kappa shape index (κ2) is 5.34. The number of fused-ring (bicyclic) bond motifs is 2. The van der Waals surface area contributed by atoms with Crippen molar-refractivity contribution < 1.29 is 0 Å². The van der Waals surface area contributed by atoms with Gasteiger partial charge < -0.3 is 10.2 Å². The van der Waals surface area contributed by atoms with Gasteiger partial charge in [-0.05, 0) is 56.8 Å². The molecule has 1 N–H and O–H groups in total. The Morgan fingerprint density at radius 1 is 1.26 bits per heavy atom. The van der Waals surface area contributed by atoms with Gasteiger partial charge in [0.2, 0.25) is 0 Å². The molecule has 2 saturated heterocycles. The van der Waals surface area contributed by atoms with Crippen LogP contribution in [-0.4, -0.2) is 24.7 Å². The first-order chi connectivity index (χ1) is 9.19. The molecule has 1 aromatic rings. The molecule has 2 aliphatic rings. The molecule has 0 spiro atoms. The van der Waals surface area contributed by atoms with Crippen LogP contribution < -0.4 is 10.2 Å². The van der Waals surface area contributed by atoms with Crippen LogP contribution in [0.4, 0.5) is 5.69 Å². The van der Waals surface area contributed by atoms with Crippen LogP contribution >= 0.6 is 11.6 Å². The Bertz CT molecular complexity index is 446. The summed E-state index contributed by atoms with van der Waals surface area (Å²) in [5.74, 6) is 0. The van der Waals surface area contributed by atoms with E-state index >= 15 is 0 Å². The molecule has 3 heteroatoms. The van der Waals surface area contributed by atoms with Crippen molar-refractivity contribution in [2.45, 2.75) is 57.7 Å². The number of anilines is 1. The van der Waals surface area contributed by atoms with Gasteiger partial charge in [-0.25, -0.2) is 0 Å². The number of aryl methyl sites for hydroxylation is 1. The Morgan fingerprint density at radius 2 is 1.95 bits per heavy atom. The van der Waals surface area contributed by atoms with Crippen LogP contribution in [0.3, 0.4) is 0 Å². The van der Waals surface area contributed by atoms with Gasteiger partial charge in [0.05, 0.1) is 0 Å². The van der Waals surface area contributed by atoms with Crippen molar-refractivity contribution in [3.63, 3.8) is 0 Å². The number of hydrogen-bond donors (Lipinski definition) is 1. The lowest BCUT2D eigenvalue weighted by atomic mass is 9.95. The number of hydrogen-bond acceptors (Lipinski definition) is 2. The largest absolute Gasteiger partial charge is 0.365 e.